The highest BCUT2D eigenvalue weighted by Crippen LogP contribution is 2.40. The van der Waals surface area contributed by atoms with E-state index in [1.807, 2.05) is 24.3 Å². The van der Waals surface area contributed by atoms with Gasteiger partial charge in [-0.05, 0) is 56.7 Å². The molecule has 1 aliphatic heterocycles. The molecule has 168 valence electrons. The third-order valence-corrected chi connectivity index (χ3v) is 6.61. The maximum absolute atomic E-state index is 6.10. The topological polar surface area (TPSA) is 81.0 Å². The lowest BCUT2D eigenvalue weighted by molar-refractivity contribution is 0.373. The highest BCUT2D eigenvalue weighted by Gasteiger charge is 2.43. The maximum Gasteiger partial charge on any atom is 0.322 e. The molecule has 0 radical (unpaired) electrons. The number of fused-ring (bicyclic) bond motifs is 2. The van der Waals surface area contributed by atoms with Crippen LogP contribution in [0.25, 0.3) is 0 Å². The number of piperidine rings is 1. The van der Waals surface area contributed by atoms with Gasteiger partial charge in [0.05, 0.1) is 6.04 Å². The van der Waals surface area contributed by atoms with Crippen molar-refractivity contribution in [1.82, 2.24) is 24.7 Å². The van der Waals surface area contributed by atoms with Crippen LogP contribution >= 0.6 is 23.2 Å². The minimum atomic E-state index is 0.105. The quantitative estimate of drug-likeness (QED) is 0.500. The number of nitrogens with zero attached hydrogens (tertiary/aromatic N) is 6. The Morgan fingerprint density at radius 1 is 1.09 bits per heavy atom. The molecule has 3 atom stereocenters. The number of rotatable bonds is 6. The van der Waals surface area contributed by atoms with Crippen LogP contribution in [-0.4, -0.2) is 43.9 Å². The van der Waals surface area contributed by atoms with E-state index in [1.165, 1.54) is 6.33 Å². The first kappa shape index (κ1) is 21.3. The van der Waals surface area contributed by atoms with Gasteiger partial charge in [0.2, 0.25) is 5.95 Å². The molecular formula is C22H25Cl2N7O. The predicted octanol–water partition coefficient (Wildman–Crippen LogP) is 5.08. The predicted molar refractivity (Wildman–Crippen MR) is 125 cm³/mol. The van der Waals surface area contributed by atoms with Gasteiger partial charge in [0, 0.05) is 30.2 Å². The van der Waals surface area contributed by atoms with Crippen LogP contribution in [0.4, 0.5) is 11.8 Å². The molecule has 1 N–H and O–H groups in total. The van der Waals surface area contributed by atoms with Gasteiger partial charge in [-0.25, -0.2) is 14.6 Å². The van der Waals surface area contributed by atoms with Gasteiger partial charge >= 0.3 is 6.01 Å². The number of ether oxygens (including phenoxy) is 1. The maximum atomic E-state index is 6.10. The summed E-state index contributed by atoms with van der Waals surface area (Å²) in [6.07, 6.45) is 3.84. The second kappa shape index (κ2) is 8.75. The second-order valence-electron chi connectivity index (χ2n) is 8.69. The van der Waals surface area contributed by atoms with E-state index in [0.717, 1.165) is 31.7 Å². The summed E-state index contributed by atoms with van der Waals surface area (Å²) >= 11 is 12.2. The van der Waals surface area contributed by atoms with Crippen molar-refractivity contribution in [1.29, 1.82) is 0 Å². The van der Waals surface area contributed by atoms with E-state index in [2.05, 4.69) is 39.0 Å². The number of aromatic nitrogens is 5. The van der Waals surface area contributed by atoms with Gasteiger partial charge in [-0.15, -0.1) is 5.10 Å². The Balaban J connectivity index is 1.32. The van der Waals surface area contributed by atoms with Gasteiger partial charge in [0.1, 0.15) is 23.0 Å². The Bertz CT molecular complexity index is 1090. The number of hydrogen-bond acceptors (Lipinski definition) is 7. The fraction of sp³-hybridized carbons (Fsp3) is 0.455. The van der Waals surface area contributed by atoms with E-state index < -0.39 is 0 Å². The van der Waals surface area contributed by atoms with Crippen molar-refractivity contribution in [3.8, 4) is 11.8 Å². The van der Waals surface area contributed by atoms with Crippen molar-refractivity contribution in [2.75, 3.05) is 23.3 Å². The van der Waals surface area contributed by atoms with Gasteiger partial charge in [0.25, 0.3) is 0 Å². The molecule has 1 aliphatic carbocycles. The summed E-state index contributed by atoms with van der Waals surface area (Å²) in [4.78, 5) is 15.4. The van der Waals surface area contributed by atoms with E-state index in [0.29, 0.717) is 45.8 Å². The summed E-state index contributed by atoms with van der Waals surface area (Å²) in [6.45, 7) is 5.94. The van der Waals surface area contributed by atoms with Gasteiger partial charge in [-0.3, -0.25) is 0 Å². The van der Waals surface area contributed by atoms with Crippen LogP contribution in [0.3, 0.4) is 0 Å². The molecule has 0 spiro atoms. The zero-order valence-corrected chi connectivity index (χ0v) is 19.5. The van der Waals surface area contributed by atoms with Gasteiger partial charge in [-0.1, -0.05) is 29.3 Å². The summed E-state index contributed by atoms with van der Waals surface area (Å²) in [6, 6.07) is 9.98. The van der Waals surface area contributed by atoms with Crippen molar-refractivity contribution in [2.24, 2.45) is 11.8 Å². The zero-order chi connectivity index (χ0) is 22.2. The third-order valence-electron chi connectivity index (χ3n) is 6.17. The summed E-state index contributed by atoms with van der Waals surface area (Å²) in [7, 11) is 0. The summed E-state index contributed by atoms with van der Waals surface area (Å²) in [5, 5.41) is 9.38. The van der Waals surface area contributed by atoms with Crippen LogP contribution in [0.1, 0.15) is 32.7 Å². The minimum Gasteiger partial charge on any atom is -0.424 e. The molecule has 32 heavy (non-hydrogen) atoms. The van der Waals surface area contributed by atoms with Crippen molar-refractivity contribution >= 4 is 35.0 Å². The fourth-order valence-electron chi connectivity index (χ4n) is 4.70. The molecule has 2 aromatic heterocycles. The number of nitrogens with one attached hydrogen (secondary N) is 1. The summed E-state index contributed by atoms with van der Waals surface area (Å²) in [5.74, 6) is 3.07. The molecule has 1 saturated heterocycles. The molecule has 5 rings (SSSR count). The highest BCUT2D eigenvalue weighted by molar-refractivity contribution is 6.30. The lowest BCUT2D eigenvalue weighted by Crippen LogP contribution is -2.48. The van der Waals surface area contributed by atoms with E-state index in [-0.39, 0.29) is 6.04 Å². The standard InChI is InChI=1S/C22H25Cl2N7O/c1-13(2)31-22(32-17-5-3-4-16(23)8-17)28-21(29-31)27-20-14-6-7-15(20)11-30(10-14)19-9-18(24)25-12-26-19/h3-5,8-9,12-15,20H,6-7,10-11H2,1-2H3,(H,27,29)/t14-,15+,20-. The molecule has 2 fully saturated rings. The molecule has 10 heteroatoms. The first-order valence-electron chi connectivity index (χ1n) is 10.9. The fourth-order valence-corrected chi connectivity index (χ4v) is 5.03. The molecule has 0 unspecified atom stereocenters. The molecular weight excluding hydrogens is 449 g/mol. The first-order chi connectivity index (χ1) is 15.5. The monoisotopic (exact) mass is 473 g/mol. The number of benzene rings is 1. The van der Waals surface area contributed by atoms with Crippen LogP contribution < -0.4 is 15.0 Å². The van der Waals surface area contributed by atoms with E-state index in [4.69, 9.17) is 33.0 Å². The van der Waals surface area contributed by atoms with Crippen LogP contribution in [0.15, 0.2) is 36.7 Å². The Morgan fingerprint density at radius 3 is 2.56 bits per heavy atom. The SMILES string of the molecule is CC(C)n1nc(N[C@@H]2[C@@H]3CC[C@H]2CN(c2cc(Cl)ncn2)C3)nc1Oc1cccc(Cl)c1. The molecule has 3 heterocycles. The van der Waals surface area contributed by atoms with Crippen molar-refractivity contribution in [3.05, 3.63) is 46.8 Å². The minimum absolute atomic E-state index is 0.105. The van der Waals surface area contributed by atoms with Gasteiger partial charge in [-0.2, -0.15) is 4.98 Å². The molecule has 2 aliphatic rings. The Hall–Kier alpha value is -2.58. The summed E-state index contributed by atoms with van der Waals surface area (Å²) < 4.78 is 7.80. The average Bonchev–Trinajstić information content (AvgIpc) is 3.24. The largest absolute Gasteiger partial charge is 0.424 e. The number of halogens is 2. The molecule has 1 aromatic carbocycles. The van der Waals surface area contributed by atoms with Crippen molar-refractivity contribution < 1.29 is 4.74 Å². The third kappa shape index (κ3) is 4.34. The molecule has 2 bridgehead atoms. The molecule has 3 aromatic rings. The molecule has 8 nitrogen and oxygen atoms in total. The van der Waals surface area contributed by atoms with Crippen LogP contribution in [-0.2, 0) is 0 Å². The van der Waals surface area contributed by atoms with Crippen LogP contribution in [0.2, 0.25) is 10.2 Å². The van der Waals surface area contributed by atoms with E-state index >= 15 is 0 Å². The Kier molecular flexibility index (Phi) is 5.82. The Labute approximate surface area is 196 Å². The zero-order valence-electron chi connectivity index (χ0n) is 17.9. The average molecular weight is 474 g/mol. The molecule has 0 amide bonds. The van der Waals surface area contributed by atoms with Crippen LogP contribution in [0.5, 0.6) is 11.8 Å². The smallest absolute Gasteiger partial charge is 0.322 e. The first-order valence-corrected chi connectivity index (χ1v) is 11.6. The number of hydrogen-bond donors (Lipinski definition) is 1. The van der Waals surface area contributed by atoms with E-state index in [1.54, 1.807) is 10.7 Å². The van der Waals surface area contributed by atoms with Crippen molar-refractivity contribution in [2.45, 2.75) is 38.8 Å². The lowest BCUT2D eigenvalue weighted by atomic mass is 9.92. The molecule has 1 saturated carbocycles. The normalized spacial score (nSPS) is 22.4. The number of anilines is 2. The summed E-state index contributed by atoms with van der Waals surface area (Å²) in [5.41, 5.74) is 0. The Morgan fingerprint density at radius 2 is 1.88 bits per heavy atom. The highest BCUT2D eigenvalue weighted by atomic mass is 35.5. The van der Waals surface area contributed by atoms with Gasteiger partial charge < -0.3 is 15.0 Å². The van der Waals surface area contributed by atoms with Gasteiger partial charge in [0.15, 0.2) is 0 Å². The van der Waals surface area contributed by atoms with E-state index in [9.17, 15) is 0 Å². The van der Waals surface area contributed by atoms with Crippen molar-refractivity contribution in [3.63, 3.8) is 0 Å². The lowest BCUT2D eigenvalue weighted by Gasteiger charge is -2.38. The van der Waals surface area contributed by atoms with Crippen LogP contribution in [0, 0.1) is 11.8 Å². The second-order valence-corrected chi connectivity index (χ2v) is 9.51.